The molecule has 0 amide bonds. The maximum atomic E-state index is 11.8. The maximum Gasteiger partial charge on any atom is 0.151 e. The highest BCUT2D eigenvalue weighted by Gasteiger charge is 2.42. The molecule has 1 saturated heterocycles. The van der Waals surface area contributed by atoms with E-state index in [4.69, 9.17) is 5.73 Å². The lowest BCUT2D eigenvalue weighted by Gasteiger charge is -2.44. The monoisotopic (exact) mass is 316 g/mol. The van der Waals surface area contributed by atoms with Crippen LogP contribution in [0.25, 0.3) is 0 Å². The first-order chi connectivity index (χ1) is 9.80. The van der Waals surface area contributed by atoms with Crippen molar-refractivity contribution in [3.63, 3.8) is 0 Å². The Morgan fingerprint density at radius 1 is 1.24 bits per heavy atom. The SMILES string of the molecule is CC(C)C1CCCC(CN)(N(C)C2CCS(=O)(=O)C2)CC1. The summed E-state index contributed by atoms with van der Waals surface area (Å²) in [4.78, 5) is 2.33. The average molecular weight is 317 g/mol. The number of likely N-dealkylation sites (N-methyl/N-ethyl adjacent to an activating group) is 1. The second kappa shape index (κ2) is 6.55. The van der Waals surface area contributed by atoms with E-state index in [-0.39, 0.29) is 11.6 Å². The van der Waals surface area contributed by atoms with E-state index in [2.05, 4.69) is 25.8 Å². The second-order valence-corrected chi connectivity index (χ2v) is 9.76. The lowest BCUT2D eigenvalue weighted by Crippen LogP contribution is -2.56. The van der Waals surface area contributed by atoms with Crippen LogP contribution in [0.3, 0.4) is 0 Å². The molecule has 1 heterocycles. The van der Waals surface area contributed by atoms with Crippen molar-refractivity contribution in [2.24, 2.45) is 17.6 Å². The molecular formula is C16H32N2O2S. The van der Waals surface area contributed by atoms with Crippen LogP contribution in [0.15, 0.2) is 0 Å². The van der Waals surface area contributed by atoms with Crippen LogP contribution in [0.1, 0.15) is 52.4 Å². The molecule has 3 atom stereocenters. The van der Waals surface area contributed by atoms with Gasteiger partial charge in [0.25, 0.3) is 0 Å². The molecule has 4 nitrogen and oxygen atoms in total. The molecule has 2 aliphatic rings. The summed E-state index contributed by atoms with van der Waals surface area (Å²) in [5, 5.41) is 0. The van der Waals surface area contributed by atoms with Crippen molar-refractivity contribution < 1.29 is 8.42 Å². The predicted molar refractivity (Wildman–Crippen MR) is 88.0 cm³/mol. The first-order valence-corrected chi connectivity index (χ1v) is 10.3. The Balaban J connectivity index is 2.10. The van der Waals surface area contributed by atoms with Crippen molar-refractivity contribution in [1.82, 2.24) is 4.90 Å². The van der Waals surface area contributed by atoms with Gasteiger partial charge in [-0.15, -0.1) is 0 Å². The van der Waals surface area contributed by atoms with Gasteiger partial charge in [-0.1, -0.05) is 26.7 Å². The molecule has 0 spiro atoms. The van der Waals surface area contributed by atoms with Gasteiger partial charge in [0.05, 0.1) is 11.5 Å². The van der Waals surface area contributed by atoms with E-state index in [0.717, 1.165) is 31.1 Å². The minimum absolute atomic E-state index is 0.00810. The van der Waals surface area contributed by atoms with Gasteiger partial charge in [0.15, 0.2) is 9.84 Å². The van der Waals surface area contributed by atoms with E-state index in [0.29, 0.717) is 18.1 Å². The normalized spacial score (nSPS) is 37.0. The van der Waals surface area contributed by atoms with Gasteiger partial charge < -0.3 is 5.73 Å². The third kappa shape index (κ3) is 3.80. The van der Waals surface area contributed by atoms with Crippen molar-refractivity contribution in [1.29, 1.82) is 0 Å². The molecule has 0 bridgehead atoms. The number of nitrogens with zero attached hydrogens (tertiary/aromatic N) is 1. The van der Waals surface area contributed by atoms with Crippen LogP contribution in [-0.2, 0) is 9.84 Å². The summed E-state index contributed by atoms with van der Waals surface area (Å²) in [5.41, 5.74) is 6.18. The van der Waals surface area contributed by atoms with E-state index in [9.17, 15) is 8.42 Å². The molecule has 5 heteroatoms. The molecule has 2 rings (SSSR count). The number of sulfone groups is 1. The Hall–Kier alpha value is -0.130. The molecule has 0 aromatic heterocycles. The Bertz CT molecular complexity index is 449. The van der Waals surface area contributed by atoms with Crippen LogP contribution in [0.2, 0.25) is 0 Å². The van der Waals surface area contributed by atoms with Gasteiger partial charge in [-0.3, -0.25) is 4.90 Å². The van der Waals surface area contributed by atoms with E-state index in [1.54, 1.807) is 0 Å². The zero-order valence-electron chi connectivity index (χ0n) is 13.8. The lowest BCUT2D eigenvalue weighted by atomic mass is 9.85. The highest BCUT2D eigenvalue weighted by atomic mass is 32.2. The second-order valence-electron chi connectivity index (χ2n) is 7.53. The summed E-state index contributed by atoms with van der Waals surface area (Å²) < 4.78 is 23.5. The van der Waals surface area contributed by atoms with Crippen LogP contribution in [0.5, 0.6) is 0 Å². The molecule has 1 saturated carbocycles. The summed E-state index contributed by atoms with van der Waals surface area (Å²) in [7, 11) is -0.725. The Kier molecular flexibility index (Phi) is 5.37. The van der Waals surface area contributed by atoms with Crippen LogP contribution in [0, 0.1) is 11.8 Å². The minimum Gasteiger partial charge on any atom is -0.329 e. The molecule has 0 radical (unpaired) electrons. The van der Waals surface area contributed by atoms with Crippen LogP contribution in [0.4, 0.5) is 0 Å². The highest BCUT2D eigenvalue weighted by Crippen LogP contribution is 2.38. The summed E-state index contributed by atoms with van der Waals surface area (Å²) in [6.45, 7) is 5.27. The predicted octanol–water partition coefficient (Wildman–Crippen LogP) is 2.04. The molecule has 124 valence electrons. The van der Waals surface area contributed by atoms with Crippen molar-refractivity contribution in [2.75, 3.05) is 25.1 Å². The fourth-order valence-corrected chi connectivity index (χ4v) is 6.03. The summed E-state index contributed by atoms with van der Waals surface area (Å²) in [6, 6.07) is 0.161. The molecule has 1 aliphatic carbocycles. The molecule has 3 unspecified atom stereocenters. The fraction of sp³-hybridized carbons (Fsp3) is 1.00. The third-order valence-corrected chi connectivity index (χ3v) is 7.77. The smallest absolute Gasteiger partial charge is 0.151 e. The topological polar surface area (TPSA) is 63.4 Å². The fourth-order valence-electron chi connectivity index (χ4n) is 4.25. The number of hydrogen-bond acceptors (Lipinski definition) is 4. The van der Waals surface area contributed by atoms with Gasteiger partial charge in [-0.25, -0.2) is 8.42 Å². The minimum atomic E-state index is -2.83. The summed E-state index contributed by atoms with van der Waals surface area (Å²) >= 11 is 0. The van der Waals surface area contributed by atoms with Gasteiger partial charge in [0, 0.05) is 18.1 Å². The van der Waals surface area contributed by atoms with Gasteiger partial charge in [0.1, 0.15) is 0 Å². The molecular weight excluding hydrogens is 284 g/mol. The van der Waals surface area contributed by atoms with Crippen molar-refractivity contribution in [2.45, 2.75) is 64.0 Å². The Morgan fingerprint density at radius 2 is 1.95 bits per heavy atom. The Labute approximate surface area is 130 Å². The summed E-state index contributed by atoms with van der Waals surface area (Å²) in [6.07, 6.45) is 6.71. The third-order valence-electron chi connectivity index (χ3n) is 6.02. The van der Waals surface area contributed by atoms with Gasteiger partial charge >= 0.3 is 0 Å². The molecule has 0 aromatic carbocycles. The van der Waals surface area contributed by atoms with Crippen molar-refractivity contribution >= 4 is 9.84 Å². The molecule has 2 N–H and O–H groups in total. The van der Waals surface area contributed by atoms with Gasteiger partial charge in [-0.05, 0) is 44.6 Å². The number of rotatable bonds is 4. The van der Waals surface area contributed by atoms with Crippen LogP contribution < -0.4 is 5.73 Å². The van der Waals surface area contributed by atoms with Crippen LogP contribution in [-0.4, -0.2) is 50.0 Å². The highest BCUT2D eigenvalue weighted by molar-refractivity contribution is 7.91. The zero-order valence-corrected chi connectivity index (χ0v) is 14.7. The zero-order chi connectivity index (χ0) is 15.7. The standard InChI is InChI=1S/C16H32N2O2S/c1-13(2)14-5-4-8-16(12-17,9-6-14)18(3)15-7-10-21(19,20)11-15/h13-15H,4-12,17H2,1-3H3. The summed E-state index contributed by atoms with van der Waals surface area (Å²) in [5.74, 6) is 2.19. The van der Waals surface area contributed by atoms with E-state index in [1.807, 2.05) is 0 Å². The number of hydrogen-bond donors (Lipinski definition) is 1. The quantitative estimate of drug-likeness (QED) is 0.806. The van der Waals surface area contributed by atoms with Crippen molar-refractivity contribution in [3.05, 3.63) is 0 Å². The lowest BCUT2D eigenvalue weighted by molar-refractivity contribution is 0.0705. The van der Waals surface area contributed by atoms with Gasteiger partial charge in [0.2, 0.25) is 0 Å². The van der Waals surface area contributed by atoms with Crippen molar-refractivity contribution in [3.8, 4) is 0 Å². The van der Waals surface area contributed by atoms with E-state index < -0.39 is 9.84 Å². The first kappa shape index (κ1) is 17.2. The van der Waals surface area contributed by atoms with Crippen LogP contribution >= 0.6 is 0 Å². The van der Waals surface area contributed by atoms with E-state index >= 15 is 0 Å². The average Bonchev–Trinajstić information content (AvgIpc) is 2.66. The van der Waals surface area contributed by atoms with E-state index in [1.165, 1.54) is 19.3 Å². The molecule has 1 aliphatic heterocycles. The largest absolute Gasteiger partial charge is 0.329 e. The first-order valence-electron chi connectivity index (χ1n) is 8.43. The molecule has 0 aromatic rings. The maximum absolute atomic E-state index is 11.8. The molecule has 2 fully saturated rings. The molecule has 21 heavy (non-hydrogen) atoms. The van der Waals surface area contributed by atoms with Gasteiger partial charge in [-0.2, -0.15) is 0 Å². The number of nitrogens with two attached hydrogens (primary N) is 1. The Morgan fingerprint density at radius 3 is 2.48 bits per heavy atom.